The van der Waals surface area contributed by atoms with Gasteiger partial charge in [0.05, 0.1) is 0 Å². The Bertz CT molecular complexity index is 398. The molecule has 0 saturated heterocycles. The zero-order chi connectivity index (χ0) is 9.10. The Kier molecular flexibility index (Phi) is 2.09. The van der Waals surface area contributed by atoms with Gasteiger partial charge in [-0.3, -0.25) is 0 Å². The van der Waals surface area contributed by atoms with Gasteiger partial charge >= 0.3 is 0 Å². The van der Waals surface area contributed by atoms with Crippen LogP contribution in [0.25, 0.3) is 11.0 Å². The van der Waals surface area contributed by atoms with Crippen molar-refractivity contribution in [3.05, 3.63) is 18.2 Å². The second kappa shape index (κ2) is 3.40. The van der Waals surface area contributed by atoms with Crippen LogP contribution in [0.2, 0.25) is 0 Å². The number of nitrogens with two attached hydrogens (primary N) is 1. The summed E-state index contributed by atoms with van der Waals surface area (Å²) >= 11 is 0. The van der Waals surface area contributed by atoms with Gasteiger partial charge < -0.3 is 10.5 Å². The summed E-state index contributed by atoms with van der Waals surface area (Å²) in [6, 6.07) is 5.59. The Morgan fingerprint density at radius 2 is 2.31 bits per heavy atom. The van der Waals surface area contributed by atoms with E-state index in [1.54, 1.807) is 0 Å². The van der Waals surface area contributed by atoms with E-state index in [0.29, 0.717) is 13.2 Å². The van der Waals surface area contributed by atoms with E-state index in [1.807, 2.05) is 18.2 Å². The van der Waals surface area contributed by atoms with E-state index in [1.165, 1.54) is 0 Å². The predicted octanol–water partition coefficient (Wildman–Crippen LogP) is 0.295. The minimum absolute atomic E-state index is 0.492. The first kappa shape index (κ1) is 8.00. The van der Waals surface area contributed by atoms with Gasteiger partial charge in [-0.25, -0.2) is 0 Å². The number of nitrogens with zero attached hydrogens (tertiary/aromatic N) is 2. The average molecular weight is 178 g/mol. The third-order valence-corrected chi connectivity index (χ3v) is 1.69. The number of H-pyrrole nitrogens is 1. The predicted molar refractivity (Wildman–Crippen MR) is 48.4 cm³/mol. The summed E-state index contributed by atoms with van der Waals surface area (Å²) in [6.45, 7) is 0.986. The van der Waals surface area contributed by atoms with E-state index >= 15 is 0 Å². The zero-order valence-electron chi connectivity index (χ0n) is 7.03. The van der Waals surface area contributed by atoms with Gasteiger partial charge in [0.25, 0.3) is 0 Å². The van der Waals surface area contributed by atoms with Crippen molar-refractivity contribution in [2.24, 2.45) is 5.73 Å². The minimum Gasteiger partial charge on any atom is -0.490 e. The highest BCUT2D eigenvalue weighted by molar-refractivity contribution is 5.80. The van der Waals surface area contributed by atoms with Gasteiger partial charge in [0, 0.05) is 6.54 Å². The number of rotatable bonds is 3. The summed E-state index contributed by atoms with van der Waals surface area (Å²) in [6.07, 6.45) is 0. The quantitative estimate of drug-likeness (QED) is 0.708. The summed E-state index contributed by atoms with van der Waals surface area (Å²) in [7, 11) is 0. The first-order chi connectivity index (χ1) is 6.42. The molecule has 13 heavy (non-hydrogen) atoms. The summed E-state index contributed by atoms with van der Waals surface area (Å²) in [5, 5.41) is 10.5. The molecule has 0 bridgehead atoms. The van der Waals surface area contributed by atoms with Gasteiger partial charge in [-0.2, -0.15) is 15.4 Å². The van der Waals surface area contributed by atoms with E-state index < -0.39 is 0 Å². The van der Waals surface area contributed by atoms with Crippen LogP contribution in [-0.2, 0) is 0 Å². The highest BCUT2D eigenvalue weighted by Crippen LogP contribution is 2.20. The molecule has 0 amide bonds. The van der Waals surface area contributed by atoms with Crippen molar-refractivity contribution in [3.63, 3.8) is 0 Å². The van der Waals surface area contributed by atoms with Crippen molar-refractivity contribution < 1.29 is 4.74 Å². The van der Waals surface area contributed by atoms with Crippen LogP contribution in [0.15, 0.2) is 18.2 Å². The van der Waals surface area contributed by atoms with Crippen LogP contribution in [0.4, 0.5) is 0 Å². The summed E-state index contributed by atoms with van der Waals surface area (Å²) in [5.74, 6) is 0.719. The van der Waals surface area contributed by atoms with Gasteiger partial charge in [0.1, 0.15) is 17.9 Å². The van der Waals surface area contributed by atoms with E-state index in [4.69, 9.17) is 10.5 Å². The molecule has 68 valence electrons. The number of hydrogen-bond donors (Lipinski definition) is 2. The normalized spacial score (nSPS) is 10.5. The first-order valence-electron chi connectivity index (χ1n) is 4.04. The number of hydrogen-bond acceptors (Lipinski definition) is 4. The molecule has 1 heterocycles. The third-order valence-electron chi connectivity index (χ3n) is 1.69. The fourth-order valence-corrected chi connectivity index (χ4v) is 1.13. The molecule has 3 N–H and O–H groups in total. The van der Waals surface area contributed by atoms with Crippen LogP contribution in [0.3, 0.4) is 0 Å². The molecule has 0 aliphatic rings. The molecule has 0 atom stereocenters. The zero-order valence-corrected chi connectivity index (χ0v) is 7.03. The number of nitrogens with one attached hydrogen (secondary N) is 1. The fourth-order valence-electron chi connectivity index (χ4n) is 1.13. The molecule has 1 aromatic heterocycles. The number of para-hydroxylation sites is 1. The summed E-state index contributed by atoms with van der Waals surface area (Å²) in [5.41, 5.74) is 6.87. The number of benzene rings is 1. The van der Waals surface area contributed by atoms with Crippen LogP contribution < -0.4 is 10.5 Å². The maximum absolute atomic E-state index is 5.38. The number of aromatic nitrogens is 3. The largest absolute Gasteiger partial charge is 0.490 e. The summed E-state index contributed by atoms with van der Waals surface area (Å²) < 4.78 is 5.38. The van der Waals surface area contributed by atoms with Crippen molar-refractivity contribution in [1.82, 2.24) is 15.4 Å². The van der Waals surface area contributed by atoms with Crippen molar-refractivity contribution >= 4 is 11.0 Å². The molecular weight excluding hydrogens is 168 g/mol. The molecule has 1 aromatic carbocycles. The number of aromatic amines is 1. The van der Waals surface area contributed by atoms with Crippen LogP contribution in [0.5, 0.6) is 5.75 Å². The summed E-state index contributed by atoms with van der Waals surface area (Å²) in [4.78, 5) is 0. The molecule has 0 fully saturated rings. The Morgan fingerprint density at radius 3 is 3.15 bits per heavy atom. The Balaban J connectivity index is 2.37. The molecule has 0 unspecified atom stereocenters. The monoisotopic (exact) mass is 178 g/mol. The molecule has 5 heteroatoms. The first-order valence-corrected chi connectivity index (χ1v) is 4.04. The van der Waals surface area contributed by atoms with Gasteiger partial charge in [0.15, 0.2) is 5.52 Å². The molecule has 2 rings (SSSR count). The second-order valence-electron chi connectivity index (χ2n) is 2.58. The lowest BCUT2D eigenvalue weighted by molar-refractivity contribution is 0.331. The second-order valence-corrected chi connectivity index (χ2v) is 2.58. The topological polar surface area (TPSA) is 76.8 Å². The molecule has 2 aromatic rings. The maximum Gasteiger partial charge on any atom is 0.154 e. The van der Waals surface area contributed by atoms with Crippen molar-refractivity contribution in [2.45, 2.75) is 0 Å². The van der Waals surface area contributed by atoms with Crippen molar-refractivity contribution in [1.29, 1.82) is 0 Å². The molecule has 5 nitrogen and oxygen atoms in total. The Morgan fingerprint density at radius 1 is 1.38 bits per heavy atom. The highest BCUT2D eigenvalue weighted by Gasteiger charge is 2.03. The van der Waals surface area contributed by atoms with Crippen LogP contribution in [0.1, 0.15) is 0 Å². The molecule has 0 saturated carbocycles. The molecule has 0 aliphatic heterocycles. The standard InChI is InChI=1S/C8H10N4O/c9-4-5-13-7-3-1-2-6-8(7)11-12-10-6/h1-3H,4-5,9H2,(H,10,11,12). The number of ether oxygens (including phenoxy) is 1. The molecular formula is C8H10N4O. The molecule has 0 radical (unpaired) electrons. The van der Waals surface area contributed by atoms with E-state index in [0.717, 1.165) is 16.8 Å². The average Bonchev–Trinajstić information content (AvgIpc) is 2.62. The van der Waals surface area contributed by atoms with E-state index in [2.05, 4.69) is 15.4 Å². The SMILES string of the molecule is NCCOc1cccc2n[nH]nc12. The fraction of sp³-hybridized carbons (Fsp3) is 0.250. The van der Waals surface area contributed by atoms with Gasteiger partial charge in [-0.1, -0.05) is 6.07 Å². The van der Waals surface area contributed by atoms with Gasteiger partial charge in [0.2, 0.25) is 0 Å². The van der Waals surface area contributed by atoms with E-state index in [-0.39, 0.29) is 0 Å². The smallest absolute Gasteiger partial charge is 0.154 e. The lowest BCUT2D eigenvalue weighted by Crippen LogP contribution is -2.10. The van der Waals surface area contributed by atoms with Gasteiger partial charge in [-0.05, 0) is 12.1 Å². The van der Waals surface area contributed by atoms with Crippen molar-refractivity contribution in [2.75, 3.05) is 13.2 Å². The van der Waals surface area contributed by atoms with Crippen LogP contribution in [-0.4, -0.2) is 28.6 Å². The van der Waals surface area contributed by atoms with Gasteiger partial charge in [-0.15, -0.1) is 0 Å². The lowest BCUT2D eigenvalue weighted by Gasteiger charge is -2.03. The molecule has 0 aliphatic carbocycles. The third kappa shape index (κ3) is 1.46. The lowest BCUT2D eigenvalue weighted by atomic mass is 10.3. The highest BCUT2D eigenvalue weighted by atomic mass is 16.5. The number of fused-ring (bicyclic) bond motifs is 1. The van der Waals surface area contributed by atoms with Crippen molar-refractivity contribution in [3.8, 4) is 5.75 Å². The van der Waals surface area contributed by atoms with Crippen LogP contribution in [0, 0.1) is 0 Å². The Labute approximate surface area is 74.9 Å². The molecule has 0 spiro atoms. The Hall–Kier alpha value is -1.62. The minimum atomic E-state index is 0.492. The van der Waals surface area contributed by atoms with E-state index in [9.17, 15) is 0 Å². The maximum atomic E-state index is 5.38. The van der Waals surface area contributed by atoms with Crippen LogP contribution >= 0.6 is 0 Å².